The molecule has 2 aromatic carbocycles. The Morgan fingerprint density at radius 2 is 1.74 bits per heavy atom. The highest BCUT2D eigenvalue weighted by Crippen LogP contribution is 2.31. The van der Waals surface area contributed by atoms with Crippen LogP contribution in [0.1, 0.15) is 27.9 Å². The number of hydrogen-bond donors (Lipinski definition) is 0. The molecule has 2 nitrogen and oxygen atoms in total. The summed E-state index contributed by atoms with van der Waals surface area (Å²) < 4.78 is 0. The lowest BCUT2D eigenvalue weighted by Gasteiger charge is -2.14. The summed E-state index contributed by atoms with van der Waals surface area (Å²) >= 11 is 12.2. The summed E-state index contributed by atoms with van der Waals surface area (Å²) in [6.45, 7) is 4.01. The van der Waals surface area contributed by atoms with E-state index in [0.717, 1.165) is 39.2 Å². The molecule has 0 radical (unpaired) electrons. The quantitative estimate of drug-likeness (QED) is 0.606. The highest BCUT2D eigenvalue weighted by atomic mass is 35.5. The first-order chi connectivity index (χ1) is 11.0. The monoisotopic (exact) mass is 340 g/mol. The van der Waals surface area contributed by atoms with E-state index in [1.54, 1.807) is 12.1 Å². The highest BCUT2D eigenvalue weighted by molar-refractivity contribution is 6.35. The van der Waals surface area contributed by atoms with Gasteiger partial charge in [-0.05, 0) is 61.2 Å². The first kappa shape index (κ1) is 15.8. The molecule has 0 amide bonds. The van der Waals surface area contributed by atoms with Crippen LogP contribution in [-0.4, -0.2) is 4.98 Å². The highest BCUT2D eigenvalue weighted by Gasteiger charge is 2.15. The fraction of sp³-hybridized carbons (Fsp3) is 0.158. The van der Waals surface area contributed by atoms with Crippen molar-refractivity contribution in [3.8, 4) is 6.07 Å². The Balaban J connectivity index is 2.22. The number of benzene rings is 2. The molecule has 0 N–H and O–H groups in total. The Morgan fingerprint density at radius 1 is 1.04 bits per heavy atom. The Labute approximate surface area is 145 Å². The van der Waals surface area contributed by atoms with E-state index in [1.807, 2.05) is 38.1 Å². The number of aromatic nitrogens is 1. The summed E-state index contributed by atoms with van der Waals surface area (Å²) in [6, 6.07) is 13.5. The largest absolute Gasteiger partial charge is 0.251 e. The van der Waals surface area contributed by atoms with Gasteiger partial charge in [0.05, 0.1) is 22.2 Å². The van der Waals surface area contributed by atoms with Gasteiger partial charge in [0.15, 0.2) is 0 Å². The maximum Gasteiger partial charge on any atom is 0.0998 e. The lowest BCUT2D eigenvalue weighted by molar-refractivity contribution is 1.08. The molecule has 3 rings (SSSR count). The molecule has 3 aromatic rings. The number of rotatable bonds is 2. The molecule has 0 unspecified atom stereocenters. The first-order valence-corrected chi connectivity index (χ1v) is 7.99. The van der Waals surface area contributed by atoms with Gasteiger partial charge in [-0.3, -0.25) is 4.98 Å². The zero-order valence-electron chi connectivity index (χ0n) is 12.8. The van der Waals surface area contributed by atoms with Gasteiger partial charge in [0.2, 0.25) is 0 Å². The van der Waals surface area contributed by atoms with E-state index in [1.165, 1.54) is 0 Å². The van der Waals surface area contributed by atoms with Crippen LogP contribution < -0.4 is 0 Å². The molecule has 0 aliphatic heterocycles. The molecule has 0 saturated carbocycles. The van der Waals surface area contributed by atoms with Crippen LogP contribution >= 0.6 is 23.2 Å². The molecule has 0 aliphatic carbocycles. The van der Waals surface area contributed by atoms with Gasteiger partial charge in [0.1, 0.15) is 0 Å². The third-order valence-electron chi connectivity index (χ3n) is 4.09. The second-order valence-corrected chi connectivity index (χ2v) is 6.38. The van der Waals surface area contributed by atoms with Crippen molar-refractivity contribution in [2.45, 2.75) is 20.3 Å². The van der Waals surface area contributed by atoms with Gasteiger partial charge >= 0.3 is 0 Å². The van der Waals surface area contributed by atoms with Crippen molar-refractivity contribution in [3.05, 3.63) is 74.4 Å². The van der Waals surface area contributed by atoms with E-state index in [2.05, 4.69) is 11.1 Å². The van der Waals surface area contributed by atoms with E-state index in [0.29, 0.717) is 16.1 Å². The summed E-state index contributed by atoms with van der Waals surface area (Å²) in [4.78, 5) is 4.65. The van der Waals surface area contributed by atoms with Crippen LogP contribution in [0.25, 0.3) is 10.9 Å². The van der Waals surface area contributed by atoms with Gasteiger partial charge in [0.25, 0.3) is 0 Å². The number of nitrogens with zero attached hydrogens (tertiary/aromatic N) is 2. The average Bonchev–Trinajstić information content (AvgIpc) is 2.54. The molecule has 23 heavy (non-hydrogen) atoms. The predicted octanol–water partition coefficient (Wildman–Crippen LogP) is 5.62. The van der Waals surface area contributed by atoms with Crippen LogP contribution in [0, 0.1) is 25.2 Å². The van der Waals surface area contributed by atoms with Crippen molar-refractivity contribution in [1.82, 2.24) is 4.98 Å². The molecule has 114 valence electrons. The Bertz CT molecular complexity index is 938. The van der Waals surface area contributed by atoms with Gasteiger partial charge in [-0.25, -0.2) is 0 Å². The molecule has 4 heteroatoms. The average molecular weight is 341 g/mol. The number of hydrogen-bond acceptors (Lipinski definition) is 2. The zero-order chi connectivity index (χ0) is 16.6. The lowest BCUT2D eigenvalue weighted by Crippen LogP contribution is -2.01. The molecule has 0 aliphatic rings. The van der Waals surface area contributed by atoms with Gasteiger partial charge in [-0.1, -0.05) is 35.3 Å². The third kappa shape index (κ3) is 2.91. The molecule has 0 fully saturated rings. The second-order valence-electron chi connectivity index (χ2n) is 5.53. The minimum absolute atomic E-state index is 0.572. The zero-order valence-corrected chi connectivity index (χ0v) is 14.3. The molecule has 1 heterocycles. The summed E-state index contributed by atoms with van der Waals surface area (Å²) in [5, 5.41) is 11.5. The smallest absolute Gasteiger partial charge is 0.0998 e. The number of pyridine rings is 1. The van der Waals surface area contributed by atoms with Gasteiger partial charge in [0, 0.05) is 16.1 Å². The molecule has 0 bridgehead atoms. The summed E-state index contributed by atoms with van der Waals surface area (Å²) in [7, 11) is 0. The topological polar surface area (TPSA) is 36.7 Å². The fourth-order valence-corrected chi connectivity index (χ4v) is 3.20. The minimum atomic E-state index is 0.572. The van der Waals surface area contributed by atoms with E-state index < -0.39 is 0 Å². The first-order valence-electron chi connectivity index (χ1n) is 7.24. The minimum Gasteiger partial charge on any atom is -0.251 e. The van der Waals surface area contributed by atoms with Gasteiger partial charge in [-0.15, -0.1) is 0 Å². The van der Waals surface area contributed by atoms with E-state index in [-0.39, 0.29) is 0 Å². The maximum absolute atomic E-state index is 9.40. The standard InChI is InChI=1S/C19H14Cl2N2/c1-11-16(9-13-3-6-15(20)7-4-13)12(2)23-19-17(21)8-5-14(10-22)18(11)19/h3-8H,9H2,1-2H3. The van der Waals surface area contributed by atoms with Crippen molar-refractivity contribution < 1.29 is 0 Å². The maximum atomic E-state index is 9.40. The van der Waals surface area contributed by atoms with Crippen molar-refractivity contribution >= 4 is 34.1 Å². The number of fused-ring (bicyclic) bond motifs is 1. The second kappa shape index (κ2) is 6.20. The molecule has 1 aromatic heterocycles. The number of nitriles is 1. The molecule has 0 spiro atoms. The molecule has 0 atom stereocenters. The van der Waals surface area contributed by atoms with Crippen LogP contribution in [0.2, 0.25) is 10.0 Å². The summed E-state index contributed by atoms with van der Waals surface area (Å²) in [5.41, 5.74) is 5.57. The van der Waals surface area contributed by atoms with E-state index in [4.69, 9.17) is 23.2 Å². The SMILES string of the molecule is Cc1nc2c(Cl)ccc(C#N)c2c(C)c1Cc1ccc(Cl)cc1. The van der Waals surface area contributed by atoms with Gasteiger partial charge < -0.3 is 0 Å². The normalized spacial score (nSPS) is 10.7. The predicted molar refractivity (Wildman–Crippen MR) is 95.2 cm³/mol. The van der Waals surface area contributed by atoms with Crippen LogP contribution in [0.15, 0.2) is 36.4 Å². The van der Waals surface area contributed by atoms with Crippen LogP contribution in [0.4, 0.5) is 0 Å². The summed E-state index contributed by atoms with van der Waals surface area (Å²) in [6.07, 6.45) is 0.745. The lowest BCUT2D eigenvalue weighted by atomic mass is 9.94. The number of halogens is 2. The third-order valence-corrected chi connectivity index (χ3v) is 4.64. The fourth-order valence-electron chi connectivity index (χ4n) is 2.87. The van der Waals surface area contributed by atoms with Crippen molar-refractivity contribution in [2.24, 2.45) is 0 Å². The summed E-state index contributed by atoms with van der Waals surface area (Å²) in [5.74, 6) is 0. The molecular formula is C19H14Cl2N2. The van der Waals surface area contributed by atoms with Crippen molar-refractivity contribution in [3.63, 3.8) is 0 Å². The Morgan fingerprint density at radius 3 is 2.39 bits per heavy atom. The molecule has 0 saturated heterocycles. The van der Waals surface area contributed by atoms with Crippen LogP contribution in [-0.2, 0) is 6.42 Å². The van der Waals surface area contributed by atoms with Crippen LogP contribution in [0.3, 0.4) is 0 Å². The van der Waals surface area contributed by atoms with E-state index in [9.17, 15) is 5.26 Å². The van der Waals surface area contributed by atoms with Gasteiger partial charge in [-0.2, -0.15) is 5.26 Å². The van der Waals surface area contributed by atoms with Crippen molar-refractivity contribution in [1.29, 1.82) is 5.26 Å². The Kier molecular flexibility index (Phi) is 4.26. The van der Waals surface area contributed by atoms with Crippen LogP contribution in [0.5, 0.6) is 0 Å². The molecular weight excluding hydrogens is 327 g/mol. The van der Waals surface area contributed by atoms with Crippen molar-refractivity contribution in [2.75, 3.05) is 0 Å². The van der Waals surface area contributed by atoms with E-state index >= 15 is 0 Å². The Hall–Kier alpha value is -2.08. The number of aryl methyl sites for hydroxylation is 2.